The van der Waals surface area contributed by atoms with E-state index < -0.39 is 8.32 Å². The van der Waals surface area contributed by atoms with Crippen LogP contribution >= 0.6 is 0 Å². The van der Waals surface area contributed by atoms with Crippen LogP contribution in [0, 0.1) is 6.08 Å². The number of ether oxygens (including phenoxy) is 1. The summed E-state index contributed by atoms with van der Waals surface area (Å²) < 4.78 is 11.5. The molecule has 0 fully saturated rings. The van der Waals surface area contributed by atoms with Crippen molar-refractivity contribution in [1.29, 1.82) is 0 Å². The van der Waals surface area contributed by atoms with Gasteiger partial charge in [-0.3, -0.25) is 0 Å². The maximum atomic E-state index is 5.76. The van der Waals surface area contributed by atoms with Crippen molar-refractivity contribution in [2.45, 2.75) is 33.0 Å². The van der Waals surface area contributed by atoms with Gasteiger partial charge >= 0.3 is 26.2 Å². The average Bonchev–Trinajstić information content (AvgIpc) is 3.09. The second kappa shape index (κ2) is 10.8. The minimum absolute atomic E-state index is 0. The molecule has 0 heterocycles. The van der Waals surface area contributed by atoms with E-state index in [0.29, 0.717) is 6.79 Å². The van der Waals surface area contributed by atoms with E-state index in [2.05, 4.69) is 75.1 Å². The van der Waals surface area contributed by atoms with Gasteiger partial charge in [0.05, 0.1) is 0 Å². The van der Waals surface area contributed by atoms with Crippen LogP contribution in [0.4, 0.5) is 0 Å². The average molecular weight is 486 g/mol. The first kappa shape index (κ1) is 25.6. The van der Waals surface area contributed by atoms with Gasteiger partial charge in [-0.05, 0) is 38.2 Å². The molecule has 0 spiro atoms. The second-order valence-electron chi connectivity index (χ2n) is 6.75. The monoisotopic (exact) mass is 483 g/mol. The van der Waals surface area contributed by atoms with E-state index in [4.69, 9.17) is 9.16 Å². The Labute approximate surface area is 189 Å². The first-order valence-corrected chi connectivity index (χ1v) is 11.5. The minimum Gasteiger partial charge on any atom is -1.00 e. The van der Waals surface area contributed by atoms with Crippen molar-refractivity contribution < 1.29 is 60.2 Å². The number of fused-ring (bicyclic) bond motifs is 1. The third kappa shape index (κ3) is 6.07. The van der Waals surface area contributed by atoms with E-state index >= 15 is 0 Å². The molecule has 0 aliphatic heterocycles. The molecule has 0 bridgehead atoms. The fraction of sp³-hybridized carbons (Fsp3) is 0.300. The summed E-state index contributed by atoms with van der Waals surface area (Å²) in [5.74, 6) is 0.902. The molecule has 26 heavy (non-hydrogen) atoms. The molecule has 1 aromatic rings. The SMILES string of the molecule is CC=C1C(C2=CC(OCO[Si](C)(C)C)=CC2)=[C-]c2ccccc21.[Cl-].[Cl-].[Zr+3]. The van der Waals surface area contributed by atoms with Gasteiger partial charge in [-0.15, -0.1) is 40.5 Å². The third-order valence-electron chi connectivity index (χ3n) is 3.91. The Bertz CT molecular complexity index is 746. The summed E-state index contributed by atoms with van der Waals surface area (Å²) in [6.45, 7) is 8.91. The predicted molar refractivity (Wildman–Crippen MR) is 97.1 cm³/mol. The Morgan fingerprint density at radius 1 is 1.15 bits per heavy atom. The summed E-state index contributed by atoms with van der Waals surface area (Å²) in [7, 11) is -1.53. The summed E-state index contributed by atoms with van der Waals surface area (Å²) in [6.07, 6.45) is 10.8. The van der Waals surface area contributed by atoms with Gasteiger partial charge in [0.1, 0.15) is 5.76 Å². The quantitative estimate of drug-likeness (QED) is 0.310. The maximum absolute atomic E-state index is 5.76. The molecular weight excluding hydrogens is 462 g/mol. The van der Waals surface area contributed by atoms with Crippen molar-refractivity contribution in [2.24, 2.45) is 0 Å². The Balaban J connectivity index is 0.00000208. The fourth-order valence-corrected chi connectivity index (χ4v) is 3.18. The van der Waals surface area contributed by atoms with Gasteiger partial charge in [-0.25, -0.2) is 0 Å². The molecule has 0 unspecified atom stereocenters. The zero-order chi connectivity index (χ0) is 16.4. The molecule has 2 aliphatic carbocycles. The largest absolute Gasteiger partial charge is 3.00 e. The molecule has 0 aromatic heterocycles. The zero-order valence-electron chi connectivity index (χ0n) is 15.5. The molecule has 0 saturated heterocycles. The Morgan fingerprint density at radius 3 is 2.50 bits per heavy atom. The molecule has 2 aliphatic rings. The second-order valence-corrected chi connectivity index (χ2v) is 11.3. The van der Waals surface area contributed by atoms with Crippen LogP contribution in [0.25, 0.3) is 5.57 Å². The van der Waals surface area contributed by atoms with Crippen molar-refractivity contribution in [1.82, 2.24) is 0 Å². The summed E-state index contributed by atoms with van der Waals surface area (Å²) in [6, 6.07) is 8.42. The molecule has 1 radical (unpaired) electrons. The van der Waals surface area contributed by atoms with E-state index in [1.165, 1.54) is 27.8 Å². The van der Waals surface area contributed by atoms with E-state index in [9.17, 15) is 0 Å². The van der Waals surface area contributed by atoms with Crippen LogP contribution in [0.2, 0.25) is 19.6 Å². The van der Waals surface area contributed by atoms with Crippen LogP contribution in [0.3, 0.4) is 0 Å². The van der Waals surface area contributed by atoms with Gasteiger partial charge in [-0.2, -0.15) is 0 Å². The summed E-state index contributed by atoms with van der Waals surface area (Å²) >= 11 is 0. The van der Waals surface area contributed by atoms with Crippen molar-refractivity contribution >= 4 is 13.9 Å². The predicted octanol–water partition coefficient (Wildman–Crippen LogP) is -0.774. The van der Waals surface area contributed by atoms with Crippen LogP contribution in [0.5, 0.6) is 0 Å². The van der Waals surface area contributed by atoms with Crippen LogP contribution < -0.4 is 24.8 Å². The van der Waals surface area contributed by atoms with Gasteiger partial charge in [0.15, 0.2) is 15.1 Å². The first-order chi connectivity index (χ1) is 11.0. The molecule has 137 valence electrons. The van der Waals surface area contributed by atoms with Crippen LogP contribution in [0.15, 0.2) is 59.4 Å². The number of rotatable bonds is 5. The molecule has 0 N–H and O–H groups in total. The number of halogens is 2. The number of hydrogen-bond acceptors (Lipinski definition) is 2. The number of benzene rings is 1. The van der Waals surface area contributed by atoms with Gasteiger partial charge in [0, 0.05) is 0 Å². The molecule has 0 amide bonds. The number of hydrogen-bond donors (Lipinski definition) is 0. The molecule has 2 nitrogen and oxygen atoms in total. The summed E-state index contributed by atoms with van der Waals surface area (Å²) in [5, 5.41) is 0. The van der Waals surface area contributed by atoms with E-state index in [0.717, 1.165) is 12.2 Å². The van der Waals surface area contributed by atoms with Crippen molar-refractivity contribution in [3.63, 3.8) is 0 Å². The smallest absolute Gasteiger partial charge is 1.00 e. The Morgan fingerprint density at radius 2 is 1.85 bits per heavy atom. The van der Waals surface area contributed by atoms with Crippen molar-refractivity contribution in [3.05, 3.63) is 76.6 Å². The Kier molecular flexibility index (Phi) is 10.7. The maximum Gasteiger partial charge on any atom is 3.00 e. The number of allylic oxidation sites excluding steroid dienone is 6. The van der Waals surface area contributed by atoms with E-state index in [1.807, 2.05) is 0 Å². The van der Waals surface area contributed by atoms with Gasteiger partial charge in [0.2, 0.25) is 0 Å². The van der Waals surface area contributed by atoms with Gasteiger partial charge < -0.3 is 34.0 Å². The molecular formula is C20H23Cl2O2SiZr. The summed E-state index contributed by atoms with van der Waals surface area (Å²) in [5.41, 5.74) is 6.15. The van der Waals surface area contributed by atoms with Crippen LogP contribution in [-0.4, -0.2) is 15.1 Å². The van der Waals surface area contributed by atoms with Crippen LogP contribution in [-0.2, 0) is 35.4 Å². The van der Waals surface area contributed by atoms with Gasteiger partial charge in [-0.1, -0.05) is 30.7 Å². The molecule has 0 atom stereocenters. The normalized spacial score (nSPS) is 16.5. The van der Waals surface area contributed by atoms with Crippen molar-refractivity contribution in [3.8, 4) is 0 Å². The topological polar surface area (TPSA) is 18.5 Å². The zero-order valence-corrected chi connectivity index (χ0v) is 20.5. The van der Waals surface area contributed by atoms with E-state index in [-0.39, 0.29) is 51.0 Å². The third-order valence-corrected chi connectivity index (χ3v) is 4.90. The summed E-state index contributed by atoms with van der Waals surface area (Å²) in [4.78, 5) is 0. The van der Waals surface area contributed by atoms with E-state index in [1.54, 1.807) is 0 Å². The first-order valence-electron chi connectivity index (χ1n) is 8.06. The molecule has 0 saturated carbocycles. The molecule has 3 rings (SSSR count). The molecule has 1 aromatic carbocycles. The van der Waals surface area contributed by atoms with Gasteiger partial charge in [0.25, 0.3) is 0 Å². The fourth-order valence-electron chi connectivity index (χ4n) is 2.77. The molecule has 6 heteroatoms. The Hall–Kier alpha value is -0.380. The minimum atomic E-state index is -1.53. The van der Waals surface area contributed by atoms with Crippen molar-refractivity contribution in [2.75, 3.05) is 6.79 Å². The standard InChI is InChI=1S/C20H23O2Si.2ClH.Zr/c1-5-18-19-9-7-6-8-15(19)13-20(18)16-10-11-17(12-16)21-14-22-23(2,3)4;;;/h5-9,11-12H,10,14H2,1-4H3;2*1H;/q-1;;;+3/p-2. The van der Waals surface area contributed by atoms with Crippen LogP contribution in [0.1, 0.15) is 24.5 Å².